The van der Waals surface area contributed by atoms with E-state index in [0.29, 0.717) is 6.04 Å². The minimum Gasteiger partial charge on any atom is -0.481 e. The summed E-state index contributed by atoms with van der Waals surface area (Å²) in [4.78, 5) is 15.9. The Balaban J connectivity index is 0.000000249. The van der Waals surface area contributed by atoms with Crippen LogP contribution in [0.5, 0.6) is 0 Å². The van der Waals surface area contributed by atoms with Gasteiger partial charge in [0, 0.05) is 24.9 Å². The lowest BCUT2D eigenvalue weighted by molar-refractivity contribution is -0.136. The first-order valence-electron chi connectivity index (χ1n) is 5.97. The van der Waals surface area contributed by atoms with Crippen molar-refractivity contribution in [1.82, 2.24) is 9.88 Å². The van der Waals surface area contributed by atoms with Gasteiger partial charge in [0.25, 0.3) is 0 Å². The van der Waals surface area contributed by atoms with Gasteiger partial charge in [-0.05, 0) is 38.1 Å². The third kappa shape index (κ3) is 4.53. The van der Waals surface area contributed by atoms with E-state index in [-0.39, 0.29) is 6.42 Å². The van der Waals surface area contributed by atoms with E-state index in [1.165, 1.54) is 24.9 Å². The van der Waals surface area contributed by atoms with Gasteiger partial charge in [-0.3, -0.25) is 14.7 Å². The monoisotopic (exact) mass is 236 g/mol. The molecule has 0 radical (unpaired) electrons. The zero-order valence-corrected chi connectivity index (χ0v) is 10.5. The molecule has 0 spiro atoms. The van der Waals surface area contributed by atoms with E-state index in [0.717, 1.165) is 0 Å². The molecule has 1 atom stereocenters. The van der Waals surface area contributed by atoms with Crippen molar-refractivity contribution in [2.45, 2.75) is 32.2 Å². The second-order valence-corrected chi connectivity index (χ2v) is 4.17. The molecule has 2 heterocycles. The molecule has 1 aliphatic rings. The van der Waals surface area contributed by atoms with Crippen molar-refractivity contribution in [2.24, 2.45) is 0 Å². The number of aromatic nitrogens is 1. The van der Waals surface area contributed by atoms with Crippen LogP contribution >= 0.6 is 0 Å². The molecule has 0 amide bonds. The van der Waals surface area contributed by atoms with E-state index >= 15 is 0 Å². The fraction of sp³-hybridized carbons (Fsp3) is 0.538. The summed E-state index contributed by atoms with van der Waals surface area (Å²) >= 11 is 0. The molecule has 1 saturated heterocycles. The van der Waals surface area contributed by atoms with Crippen LogP contribution in [-0.4, -0.2) is 34.6 Å². The van der Waals surface area contributed by atoms with Gasteiger partial charge in [0.15, 0.2) is 0 Å². The largest absolute Gasteiger partial charge is 0.481 e. The summed E-state index contributed by atoms with van der Waals surface area (Å²) in [6.45, 7) is 2.82. The molecular weight excluding hydrogens is 216 g/mol. The zero-order chi connectivity index (χ0) is 12.7. The number of carboxylic acids is 1. The van der Waals surface area contributed by atoms with Gasteiger partial charge in [0.1, 0.15) is 0 Å². The zero-order valence-electron chi connectivity index (χ0n) is 10.5. The van der Waals surface area contributed by atoms with E-state index in [1.807, 2.05) is 18.5 Å². The van der Waals surface area contributed by atoms with Crippen LogP contribution < -0.4 is 0 Å². The molecular formula is C13H20N2O2. The van der Waals surface area contributed by atoms with E-state index < -0.39 is 5.97 Å². The van der Waals surface area contributed by atoms with Crippen molar-refractivity contribution in [2.75, 3.05) is 13.6 Å². The molecule has 0 saturated carbocycles. The maximum Gasteiger partial charge on any atom is 0.303 e. The van der Waals surface area contributed by atoms with Crippen molar-refractivity contribution in [3.63, 3.8) is 0 Å². The Labute approximate surface area is 102 Å². The Bertz CT molecular complexity index is 341. The van der Waals surface area contributed by atoms with E-state index in [9.17, 15) is 4.79 Å². The number of carbonyl (C=O) groups is 1. The lowest BCUT2D eigenvalue weighted by Crippen LogP contribution is -2.17. The first-order valence-corrected chi connectivity index (χ1v) is 5.97. The molecule has 94 valence electrons. The fourth-order valence-electron chi connectivity index (χ4n) is 1.90. The molecule has 1 aliphatic heterocycles. The van der Waals surface area contributed by atoms with Crippen LogP contribution in [0.2, 0.25) is 0 Å². The maximum absolute atomic E-state index is 9.37. The van der Waals surface area contributed by atoms with Crippen LogP contribution in [0, 0.1) is 0 Å². The van der Waals surface area contributed by atoms with E-state index in [2.05, 4.69) is 23.0 Å². The normalized spacial score (nSPS) is 19.5. The quantitative estimate of drug-likeness (QED) is 0.856. The van der Waals surface area contributed by atoms with Crippen LogP contribution in [0.25, 0.3) is 0 Å². The van der Waals surface area contributed by atoms with Crippen molar-refractivity contribution in [3.05, 3.63) is 30.1 Å². The summed E-state index contributed by atoms with van der Waals surface area (Å²) in [6.07, 6.45) is 6.63. The van der Waals surface area contributed by atoms with Gasteiger partial charge in [-0.15, -0.1) is 0 Å². The number of aliphatic carboxylic acids is 1. The third-order valence-corrected chi connectivity index (χ3v) is 2.89. The predicted molar refractivity (Wildman–Crippen MR) is 66.8 cm³/mol. The number of nitrogens with zero attached hydrogens (tertiary/aromatic N) is 2. The summed E-state index contributed by atoms with van der Waals surface area (Å²) in [5.41, 5.74) is 1.36. The Kier molecular flexibility index (Phi) is 5.63. The lowest BCUT2D eigenvalue weighted by atomic mass is 10.1. The van der Waals surface area contributed by atoms with Crippen molar-refractivity contribution in [3.8, 4) is 0 Å². The minimum absolute atomic E-state index is 0.222. The Morgan fingerprint density at radius 2 is 2.35 bits per heavy atom. The maximum atomic E-state index is 9.37. The van der Waals surface area contributed by atoms with Crippen LogP contribution in [0.1, 0.15) is 37.8 Å². The molecule has 17 heavy (non-hydrogen) atoms. The molecule has 1 aromatic heterocycles. The van der Waals surface area contributed by atoms with Crippen LogP contribution in [-0.2, 0) is 4.79 Å². The lowest BCUT2D eigenvalue weighted by Gasteiger charge is -2.18. The standard InChI is InChI=1S/C10H14N2.C3H6O2/c1-12-7-3-5-10(12)9-4-2-6-11-8-9;1-2-3(4)5/h2,4,6,8,10H,3,5,7H2,1H3;2H2,1H3,(H,4,5). The second kappa shape index (κ2) is 7.01. The van der Waals surface area contributed by atoms with Crippen molar-refractivity contribution >= 4 is 5.97 Å². The fourth-order valence-corrected chi connectivity index (χ4v) is 1.90. The number of likely N-dealkylation sites (tertiary alicyclic amines) is 1. The van der Waals surface area contributed by atoms with Gasteiger partial charge in [0.05, 0.1) is 0 Å². The SMILES string of the molecule is CCC(=O)O.CN1CCCC1c1cccnc1. The average molecular weight is 236 g/mol. The van der Waals surface area contributed by atoms with Crippen molar-refractivity contribution in [1.29, 1.82) is 0 Å². The smallest absolute Gasteiger partial charge is 0.303 e. The number of rotatable bonds is 2. The molecule has 1 N–H and O–H groups in total. The molecule has 1 unspecified atom stereocenters. The van der Waals surface area contributed by atoms with Gasteiger partial charge in [-0.25, -0.2) is 0 Å². The van der Waals surface area contributed by atoms with E-state index in [1.54, 1.807) is 6.92 Å². The summed E-state index contributed by atoms with van der Waals surface area (Å²) < 4.78 is 0. The molecule has 1 fully saturated rings. The minimum atomic E-state index is -0.745. The summed E-state index contributed by atoms with van der Waals surface area (Å²) in [5.74, 6) is -0.745. The summed E-state index contributed by atoms with van der Waals surface area (Å²) in [6, 6.07) is 4.79. The van der Waals surface area contributed by atoms with Crippen LogP contribution in [0.3, 0.4) is 0 Å². The topological polar surface area (TPSA) is 53.4 Å². The second-order valence-electron chi connectivity index (χ2n) is 4.17. The van der Waals surface area contributed by atoms with Crippen molar-refractivity contribution < 1.29 is 9.90 Å². The van der Waals surface area contributed by atoms with Crippen LogP contribution in [0.15, 0.2) is 24.5 Å². The highest BCUT2D eigenvalue weighted by Crippen LogP contribution is 2.29. The van der Waals surface area contributed by atoms with Gasteiger partial charge >= 0.3 is 5.97 Å². The first kappa shape index (κ1) is 13.6. The number of hydrogen-bond acceptors (Lipinski definition) is 3. The molecule has 1 aromatic rings. The Morgan fingerprint density at radius 1 is 1.65 bits per heavy atom. The molecule has 0 aromatic carbocycles. The highest BCUT2D eigenvalue weighted by atomic mass is 16.4. The molecule has 0 bridgehead atoms. The molecule has 0 aliphatic carbocycles. The first-order chi connectivity index (χ1) is 8.15. The summed E-state index contributed by atoms with van der Waals surface area (Å²) in [5, 5.41) is 7.72. The van der Waals surface area contributed by atoms with Gasteiger partial charge in [0.2, 0.25) is 0 Å². The predicted octanol–water partition coefficient (Wildman–Crippen LogP) is 2.33. The number of carboxylic acid groups (broad SMARTS) is 1. The Morgan fingerprint density at radius 3 is 2.76 bits per heavy atom. The average Bonchev–Trinajstić information content (AvgIpc) is 2.77. The number of hydrogen-bond donors (Lipinski definition) is 1. The summed E-state index contributed by atoms with van der Waals surface area (Å²) in [7, 11) is 2.19. The van der Waals surface area contributed by atoms with Gasteiger partial charge in [-0.1, -0.05) is 13.0 Å². The van der Waals surface area contributed by atoms with Crippen LogP contribution in [0.4, 0.5) is 0 Å². The number of pyridine rings is 1. The molecule has 4 heteroatoms. The molecule has 4 nitrogen and oxygen atoms in total. The van der Waals surface area contributed by atoms with Gasteiger partial charge in [-0.2, -0.15) is 0 Å². The van der Waals surface area contributed by atoms with E-state index in [4.69, 9.17) is 5.11 Å². The Hall–Kier alpha value is -1.42. The molecule has 2 rings (SSSR count). The highest BCUT2D eigenvalue weighted by molar-refractivity contribution is 5.66. The van der Waals surface area contributed by atoms with Gasteiger partial charge < -0.3 is 5.11 Å². The third-order valence-electron chi connectivity index (χ3n) is 2.89. The highest BCUT2D eigenvalue weighted by Gasteiger charge is 2.21.